The molecule has 0 fully saturated rings. The van der Waals surface area contributed by atoms with Gasteiger partial charge in [0.25, 0.3) is 0 Å². The number of hydrogen-bond acceptors (Lipinski definition) is 4. The van der Waals surface area contributed by atoms with Gasteiger partial charge in [0, 0.05) is 12.3 Å². The first-order chi connectivity index (χ1) is 12.1. The molecule has 1 atom stereocenters. The quantitative estimate of drug-likeness (QED) is 0.755. The molecule has 0 radical (unpaired) electrons. The normalized spacial score (nSPS) is 13.8. The summed E-state index contributed by atoms with van der Waals surface area (Å²) in [5.41, 5.74) is 11.0. The van der Waals surface area contributed by atoms with Gasteiger partial charge >= 0.3 is 0 Å². The molecule has 2 aromatic rings. The molecule has 1 unspecified atom stereocenters. The van der Waals surface area contributed by atoms with Crippen LogP contribution in [0.1, 0.15) is 23.1 Å². The van der Waals surface area contributed by atoms with Crippen molar-refractivity contribution in [1.29, 1.82) is 0 Å². The zero-order valence-corrected chi connectivity index (χ0v) is 14.2. The highest BCUT2D eigenvalue weighted by molar-refractivity contribution is 5.96. The van der Waals surface area contributed by atoms with Crippen LogP contribution in [0.4, 0.5) is 5.69 Å². The maximum Gasteiger partial charge on any atom is 0.241 e. The standard InChI is InChI=1S/C20H22N2O3/c1-25-16-7-3-13(4-8-16)17-9-5-14-2-6-15(12-18(14)17)22-20(24)19(21)10-11-23/h2-4,6-9,12,19,23H,5,10-11,21H2,1H3,(H,22,24). The molecule has 0 spiro atoms. The van der Waals surface area contributed by atoms with Gasteiger partial charge in [0.05, 0.1) is 13.2 Å². The summed E-state index contributed by atoms with van der Waals surface area (Å²) < 4.78 is 5.21. The Labute approximate surface area is 147 Å². The topological polar surface area (TPSA) is 84.6 Å². The van der Waals surface area contributed by atoms with E-state index in [0.29, 0.717) is 5.69 Å². The third kappa shape index (κ3) is 3.73. The fourth-order valence-electron chi connectivity index (χ4n) is 2.95. The van der Waals surface area contributed by atoms with E-state index in [9.17, 15) is 4.79 Å². The van der Waals surface area contributed by atoms with E-state index in [1.807, 2.05) is 42.5 Å². The summed E-state index contributed by atoms with van der Waals surface area (Å²) in [5, 5.41) is 11.7. The molecule has 0 aliphatic heterocycles. The van der Waals surface area contributed by atoms with Crippen LogP contribution >= 0.6 is 0 Å². The number of rotatable bonds is 6. The average Bonchev–Trinajstić information content (AvgIpc) is 3.05. The van der Waals surface area contributed by atoms with Gasteiger partial charge < -0.3 is 20.9 Å². The van der Waals surface area contributed by atoms with Crippen molar-refractivity contribution in [1.82, 2.24) is 0 Å². The molecular formula is C20H22N2O3. The number of hydrogen-bond donors (Lipinski definition) is 3. The van der Waals surface area contributed by atoms with E-state index in [2.05, 4.69) is 11.4 Å². The lowest BCUT2D eigenvalue weighted by molar-refractivity contribution is -0.117. The molecule has 1 amide bonds. The Morgan fingerprint density at radius 3 is 2.72 bits per heavy atom. The number of nitrogens with two attached hydrogens (primary N) is 1. The summed E-state index contributed by atoms with van der Waals surface area (Å²) in [6, 6.07) is 13.1. The molecule has 0 heterocycles. The summed E-state index contributed by atoms with van der Waals surface area (Å²) in [6.07, 6.45) is 3.30. The van der Waals surface area contributed by atoms with Crippen LogP contribution in [0, 0.1) is 0 Å². The monoisotopic (exact) mass is 338 g/mol. The highest BCUT2D eigenvalue weighted by Crippen LogP contribution is 2.35. The van der Waals surface area contributed by atoms with Gasteiger partial charge in [-0.3, -0.25) is 4.79 Å². The predicted molar refractivity (Wildman–Crippen MR) is 98.5 cm³/mol. The molecule has 5 nitrogen and oxygen atoms in total. The number of benzene rings is 2. The number of aliphatic hydroxyl groups is 1. The molecule has 1 aliphatic rings. The van der Waals surface area contributed by atoms with Crippen molar-refractivity contribution >= 4 is 17.2 Å². The fraction of sp³-hybridized carbons (Fsp3) is 0.250. The van der Waals surface area contributed by atoms with Crippen LogP contribution in [-0.2, 0) is 11.2 Å². The van der Waals surface area contributed by atoms with Gasteiger partial charge in [0.2, 0.25) is 5.91 Å². The number of allylic oxidation sites excluding steroid dienone is 1. The second kappa shape index (κ2) is 7.51. The summed E-state index contributed by atoms with van der Waals surface area (Å²) >= 11 is 0. The smallest absolute Gasteiger partial charge is 0.241 e. The van der Waals surface area contributed by atoms with Gasteiger partial charge in [-0.05, 0) is 59.4 Å². The molecule has 3 rings (SSSR count). The van der Waals surface area contributed by atoms with Crippen molar-refractivity contribution in [3.8, 4) is 5.75 Å². The molecule has 1 aliphatic carbocycles. The van der Waals surface area contributed by atoms with E-state index in [1.165, 1.54) is 5.56 Å². The molecule has 130 valence electrons. The number of aliphatic hydroxyl groups excluding tert-OH is 1. The van der Waals surface area contributed by atoms with Gasteiger partial charge in [-0.25, -0.2) is 0 Å². The Morgan fingerprint density at radius 2 is 2.04 bits per heavy atom. The molecule has 0 bridgehead atoms. The number of amides is 1. The minimum Gasteiger partial charge on any atom is -0.497 e. The van der Waals surface area contributed by atoms with Gasteiger partial charge in [0.1, 0.15) is 5.75 Å². The minimum atomic E-state index is -0.713. The number of anilines is 1. The highest BCUT2D eigenvalue weighted by Gasteiger charge is 2.18. The van der Waals surface area contributed by atoms with Gasteiger partial charge in [0.15, 0.2) is 0 Å². The summed E-state index contributed by atoms with van der Waals surface area (Å²) in [6.45, 7) is -0.108. The van der Waals surface area contributed by atoms with Crippen molar-refractivity contribution in [2.24, 2.45) is 5.73 Å². The molecule has 2 aromatic carbocycles. The largest absolute Gasteiger partial charge is 0.497 e. The van der Waals surface area contributed by atoms with Crippen LogP contribution in [0.5, 0.6) is 5.75 Å². The summed E-state index contributed by atoms with van der Waals surface area (Å²) in [7, 11) is 1.65. The van der Waals surface area contributed by atoms with Crippen molar-refractivity contribution in [3.63, 3.8) is 0 Å². The molecule has 0 aromatic heterocycles. The van der Waals surface area contributed by atoms with E-state index in [0.717, 1.165) is 28.9 Å². The van der Waals surface area contributed by atoms with Crippen LogP contribution < -0.4 is 15.8 Å². The second-order valence-corrected chi connectivity index (χ2v) is 6.03. The zero-order valence-electron chi connectivity index (χ0n) is 14.2. The Morgan fingerprint density at radius 1 is 1.28 bits per heavy atom. The molecule has 5 heteroatoms. The Kier molecular flexibility index (Phi) is 5.16. The Balaban J connectivity index is 1.82. The molecule has 0 saturated carbocycles. The van der Waals surface area contributed by atoms with Crippen molar-refractivity contribution in [3.05, 3.63) is 65.2 Å². The third-order valence-corrected chi connectivity index (χ3v) is 4.37. The minimum absolute atomic E-state index is 0.108. The lowest BCUT2D eigenvalue weighted by Crippen LogP contribution is -2.36. The maximum absolute atomic E-state index is 12.0. The SMILES string of the molecule is COc1ccc(C2=CCc3ccc(NC(=O)C(N)CCO)cc32)cc1. The van der Waals surface area contributed by atoms with Crippen LogP contribution in [0.25, 0.3) is 5.57 Å². The Bertz CT molecular complexity index is 797. The van der Waals surface area contributed by atoms with E-state index in [1.54, 1.807) is 7.11 Å². The average molecular weight is 338 g/mol. The maximum atomic E-state index is 12.0. The van der Waals surface area contributed by atoms with E-state index in [-0.39, 0.29) is 18.9 Å². The van der Waals surface area contributed by atoms with Crippen LogP contribution in [0.15, 0.2) is 48.5 Å². The second-order valence-electron chi connectivity index (χ2n) is 6.03. The molecule has 25 heavy (non-hydrogen) atoms. The number of ether oxygens (including phenoxy) is 1. The zero-order chi connectivity index (χ0) is 17.8. The number of carbonyl (C=O) groups excluding carboxylic acids is 1. The lowest BCUT2D eigenvalue weighted by Gasteiger charge is -2.13. The van der Waals surface area contributed by atoms with Crippen LogP contribution in [0.2, 0.25) is 0 Å². The van der Waals surface area contributed by atoms with E-state index >= 15 is 0 Å². The summed E-state index contributed by atoms with van der Waals surface area (Å²) in [5.74, 6) is 0.531. The van der Waals surface area contributed by atoms with E-state index < -0.39 is 6.04 Å². The number of carbonyl (C=O) groups is 1. The summed E-state index contributed by atoms with van der Waals surface area (Å²) in [4.78, 5) is 12.0. The number of nitrogens with one attached hydrogen (secondary N) is 1. The van der Waals surface area contributed by atoms with Crippen molar-refractivity contribution < 1.29 is 14.6 Å². The first-order valence-electron chi connectivity index (χ1n) is 8.27. The molecule has 0 saturated heterocycles. The van der Waals surface area contributed by atoms with Crippen molar-refractivity contribution in [2.45, 2.75) is 18.9 Å². The van der Waals surface area contributed by atoms with Crippen LogP contribution in [0.3, 0.4) is 0 Å². The van der Waals surface area contributed by atoms with Gasteiger partial charge in [-0.1, -0.05) is 24.3 Å². The number of methoxy groups -OCH3 is 1. The fourth-order valence-corrected chi connectivity index (χ4v) is 2.95. The number of fused-ring (bicyclic) bond motifs is 1. The first kappa shape index (κ1) is 17.2. The highest BCUT2D eigenvalue weighted by atomic mass is 16.5. The van der Waals surface area contributed by atoms with Gasteiger partial charge in [-0.15, -0.1) is 0 Å². The van der Waals surface area contributed by atoms with Gasteiger partial charge in [-0.2, -0.15) is 0 Å². The van der Waals surface area contributed by atoms with Crippen molar-refractivity contribution in [2.75, 3.05) is 19.0 Å². The Hall–Kier alpha value is -2.63. The predicted octanol–water partition coefficient (Wildman–Crippen LogP) is 2.33. The molecule has 4 N–H and O–H groups in total. The van der Waals surface area contributed by atoms with Crippen LogP contribution in [-0.4, -0.2) is 30.8 Å². The lowest BCUT2D eigenvalue weighted by atomic mass is 9.98. The van der Waals surface area contributed by atoms with E-state index in [4.69, 9.17) is 15.6 Å². The third-order valence-electron chi connectivity index (χ3n) is 4.37. The first-order valence-corrected chi connectivity index (χ1v) is 8.27. The molecular weight excluding hydrogens is 316 g/mol.